The Labute approximate surface area is 93.9 Å². The fourth-order valence-corrected chi connectivity index (χ4v) is 1.73. The third-order valence-electron chi connectivity index (χ3n) is 2.51. The molecule has 1 aliphatic heterocycles. The monoisotopic (exact) mass is 231 g/mol. The molecule has 0 saturated carbocycles. The maximum atomic E-state index is 10.6. The van der Waals surface area contributed by atoms with Gasteiger partial charge in [-0.05, 0) is 32.0 Å². The number of carboxylic acids is 1. The molecule has 0 aliphatic carbocycles. The molecular weight excluding hydrogens is 218 g/mol. The summed E-state index contributed by atoms with van der Waals surface area (Å²) in [6.45, 7) is 1.96. The first-order valence-electron chi connectivity index (χ1n) is 4.76. The molecule has 1 aromatic heterocycles. The molecule has 1 aliphatic rings. The van der Waals surface area contributed by atoms with Gasteiger partial charge in [0.15, 0.2) is 5.69 Å². The lowest BCUT2D eigenvalue weighted by molar-refractivity contribution is 0.0689. The Morgan fingerprint density at radius 1 is 1.53 bits per heavy atom. The van der Waals surface area contributed by atoms with Gasteiger partial charge in [0.25, 0.3) is 0 Å². The van der Waals surface area contributed by atoms with Crippen molar-refractivity contribution >= 4 is 18.4 Å². The summed E-state index contributed by atoms with van der Waals surface area (Å²) in [6.07, 6.45) is 3.78. The molecule has 2 N–H and O–H groups in total. The van der Waals surface area contributed by atoms with E-state index in [2.05, 4.69) is 10.4 Å². The average Bonchev–Trinajstić information content (AvgIpc) is 2.68. The molecule has 84 valence electrons. The third-order valence-corrected chi connectivity index (χ3v) is 2.51. The van der Waals surface area contributed by atoms with Crippen molar-refractivity contribution in [1.82, 2.24) is 15.1 Å². The minimum absolute atomic E-state index is 0. The van der Waals surface area contributed by atoms with Crippen LogP contribution in [-0.2, 0) is 0 Å². The van der Waals surface area contributed by atoms with Crippen molar-refractivity contribution < 1.29 is 9.90 Å². The largest absolute Gasteiger partial charge is 0.476 e. The van der Waals surface area contributed by atoms with Gasteiger partial charge in [0.1, 0.15) is 0 Å². The fraction of sp³-hybridized carbons (Fsp3) is 0.556. The summed E-state index contributed by atoms with van der Waals surface area (Å²) in [5.74, 6) is -0.960. The van der Waals surface area contributed by atoms with Crippen molar-refractivity contribution in [2.24, 2.45) is 0 Å². The molecule has 6 heteroatoms. The zero-order chi connectivity index (χ0) is 9.97. The lowest BCUT2D eigenvalue weighted by atomic mass is 10.1. The Bertz CT molecular complexity index is 334. The lowest BCUT2D eigenvalue weighted by Gasteiger charge is -2.22. The Hall–Kier alpha value is -1.07. The van der Waals surface area contributed by atoms with E-state index in [0.29, 0.717) is 6.04 Å². The molecule has 0 spiro atoms. The summed E-state index contributed by atoms with van der Waals surface area (Å²) in [5.41, 5.74) is 0.128. The molecule has 2 rings (SSSR count). The number of halogens is 1. The second-order valence-electron chi connectivity index (χ2n) is 3.47. The first kappa shape index (κ1) is 12.0. The van der Waals surface area contributed by atoms with E-state index >= 15 is 0 Å². The van der Waals surface area contributed by atoms with Gasteiger partial charge in [0.2, 0.25) is 0 Å². The van der Waals surface area contributed by atoms with E-state index in [4.69, 9.17) is 5.11 Å². The molecule has 15 heavy (non-hydrogen) atoms. The van der Waals surface area contributed by atoms with Gasteiger partial charge >= 0.3 is 5.97 Å². The highest BCUT2D eigenvalue weighted by molar-refractivity contribution is 5.85. The van der Waals surface area contributed by atoms with Crippen LogP contribution in [-0.4, -0.2) is 33.9 Å². The number of nitrogens with zero attached hydrogens (tertiary/aromatic N) is 2. The molecule has 0 unspecified atom stereocenters. The molecule has 1 saturated heterocycles. The highest BCUT2D eigenvalue weighted by Crippen LogP contribution is 2.17. The number of piperidine rings is 1. The lowest BCUT2D eigenvalue weighted by Crippen LogP contribution is -2.29. The second-order valence-corrected chi connectivity index (χ2v) is 3.47. The van der Waals surface area contributed by atoms with E-state index in [0.717, 1.165) is 25.9 Å². The maximum Gasteiger partial charge on any atom is 0.356 e. The molecule has 1 fully saturated rings. The molecule has 1 aromatic rings. The van der Waals surface area contributed by atoms with Gasteiger partial charge in [-0.1, -0.05) is 0 Å². The maximum absolute atomic E-state index is 10.6. The van der Waals surface area contributed by atoms with Crippen LogP contribution < -0.4 is 5.32 Å². The van der Waals surface area contributed by atoms with Crippen molar-refractivity contribution in [2.75, 3.05) is 13.1 Å². The minimum Gasteiger partial charge on any atom is -0.476 e. The highest BCUT2D eigenvalue weighted by atomic mass is 35.5. The summed E-state index contributed by atoms with van der Waals surface area (Å²) in [7, 11) is 0. The van der Waals surface area contributed by atoms with Gasteiger partial charge in [0, 0.05) is 6.20 Å². The summed E-state index contributed by atoms with van der Waals surface area (Å²) in [4.78, 5) is 10.6. The van der Waals surface area contributed by atoms with Crippen LogP contribution in [0, 0.1) is 0 Å². The van der Waals surface area contributed by atoms with Crippen LogP contribution in [0.5, 0.6) is 0 Å². The van der Waals surface area contributed by atoms with Crippen molar-refractivity contribution in [1.29, 1.82) is 0 Å². The van der Waals surface area contributed by atoms with Gasteiger partial charge in [-0.2, -0.15) is 5.10 Å². The van der Waals surface area contributed by atoms with Crippen LogP contribution >= 0.6 is 12.4 Å². The summed E-state index contributed by atoms with van der Waals surface area (Å²) >= 11 is 0. The summed E-state index contributed by atoms with van der Waals surface area (Å²) in [6, 6.07) is 1.90. The topological polar surface area (TPSA) is 67.2 Å². The van der Waals surface area contributed by atoms with Gasteiger partial charge in [-0.3, -0.25) is 4.68 Å². The SMILES string of the molecule is Cl.O=C(O)c1ccn(C2CCNCC2)n1. The number of aromatic carboxylic acids is 1. The molecule has 2 heterocycles. The smallest absolute Gasteiger partial charge is 0.356 e. The number of nitrogens with one attached hydrogen (secondary N) is 1. The Balaban J connectivity index is 0.00000112. The quantitative estimate of drug-likeness (QED) is 0.795. The second kappa shape index (κ2) is 5.14. The van der Waals surface area contributed by atoms with Crippen molar-refractivity contribution in [3.63, 3.8) is 0 Å². The van der Waals surface area contributed by atoms with Gasteiger partial charge in [-0.15, -0.1) is 12.4 Å². The van der Waals surface area contributed by atoms with E-state index in [9.17, 15) is 4.79 Å². The van der Waals surface area contributed by atoms with Crippen LogP contribution in [0.25, 0.3) is 0 Å². The number of carbonyl (C=O) groups is 1. The zero-order valence-electron chi connectivity index (χ0n) is 8.22. The Kier molecular flexibility index (Phi) is 4.11. The minimum atomic E-state index is -0.960. The van der Waals surface area contributed by atoms with E-state index in [1.54, 1.807) is 16.9 Å². The highest BCUT2D eigenvalue weighted by Gasteiger charge is 2.16. The molecule has 0 aromatic carbocycles. The fourth-order valence-electron chi connectivity index (χ4n) is 1.73. The van der Waals surface area contributed by atoms with E-state index in [-0.39, 0.29) is 18.1 Å². The van der Waals surface area contributed by atoms with Gasteiger partial charge in [0.05, 0.1) is 6.04 Å². The molecule has 0 amide bonds. The average molecular weight is 232 g/mol. The third kappa shape index (κ3) is 2.70. The van der Waals surface area contributed by atoms with E-state index < -0.39 is 5.97 Å². The predicted molar refractivity (Wildman–Crippen MR) is 57.6 cm³/mol. The van der Waals surface area contributed by atoms with E-state index in [1.165, 1.54) is 0 Å². The number of rotatable bonds is 2. The van der Waals surface area contributed by atoms with Gasteiger partial charge < -0.3 is 10.4 Å². The summed E-state index contributed by atoms with van der Waals surface area (Å²) in [5, 5.41) is 16.0. The molecule has 0 radical (unpaired) electrons. The number of hydrogen-bond donors (Lipinski definition) is 2. The Morgan fingerprint density at radius 3 is 2.73 bits per heavy atom. The van der Waals surface area contributed by atoms with Crippen LogP contribution in [0.4, 0.5) is 0 Å². The first-order chi connectivity index (χ1) is 6.77. The standard InChI is InChI=1S/C9H13N3O2.ClH/c13-9(14)8-3-6-12(11-8)7-1-4-10-5-2-7;/h3,6-7,10H,1-2,4-5H2,(H,13,14);1H. The molecule has 0 atom stereocenters. The number of carboxylic acid groups (broad SMARTS) is 1. The van der Waals surface area contributed by atoms with E-state index in [1.807, 2.05) is 0 Å². The number of aromatic nitrogens is 2. The first-order valence-corrected chi connectivity index (χ1v) is 4.76. The van der Waals surface area contributed by atoms with Crippen molar-refractivity contribution in [3.8, 4) is 0 Å². The predicted octanol–water partition coefficient (Wildman–Crippen LogP) is 0.928. The molecular formula is C9H14ClN3O2. The van der Waals surface area contributed by atoms with Crippen LogP contribution in [0.3, 0.4) is 0 Å². The van der Waals surface area contributed by atoms with Crippen LogP contribution in [0.1, 0.15) is 29.4 Å². The van der Waals surface area contributed by atoms with Crippen LogP contribution in [0.15, 0.2) is 12.3 Å². The Morgan fingerprint density at radius 2 is 2.20 bits per heavy atom. The van der Waals surface area contributed by atoms with Crippen molar-refractivity contribution in [2.45, 2.75) is 18.9 Å². The van der Waals surface area contributed by atoms with Crippen molar-refractivity contribution in [3.05, 3.63) is 18.0 Å². The summed E-state index contributed by atoms with van der Waals surface area (Å²) < 4.78 is 1.77. The zero-order valence-corrected chi connectivity index (χ0v) is 9.04. The van der Waals surface area contributed by atoms with Crippen LogP contribution in [0.2, 0.25) is 0 Å². The normalized spacial score (nSPS) is 17.1. The molecule has 0 bridgehead atoms. The van der Waals surface area contributed by atoms with Gasteiger partial charge in [-0.25, -0.2) is 4.79 Å². The number of hydrogen-bond acceptors (Lipinski definition) is 3. The molecule has 5 nitrogen and oxygen atoms in total.